The monoisotopic (exact) mass is 291 g/mol. The van der Waals surface area contributed by atoms with E-state index in [2.05, 4.69) is 28.3 Å². The molecule has 1 aliphatic rings. The van der Waals surface area contributed by atoms with Gasteiger partial charge in [-0.05, 0) is 50.9 Å². The Kier molecular flexibility index (Phi) is 4.28. The fourth-order valence-corrected chi connectivity index (χ4v) is 2.49. The molecular weight excluding hydrogens is 270 g/mol. The molecule has 0 unspecified atom stereocenters. The molecule has 1 saturated carbocycles. The second-order valence-electron chi connectivity index (χ2n) is 6.18. The smallest absolute Gasteiger partial charge is 0.242 e. The summed E-state index contributed by atoms with van der Waals surface area (Å²) in [5.74, 6) is 0.376. The molecule has 3 N–H and O–H groups in total. The van der Waals surface area contributed by atoms with Crippen LogP contribution in [0.2, 0.25) is 0 Å². The van der Waals surface area contributed by atoms with E-state index in [1.165, 1.54) is 5.56 Å². The summed E-state index contributed by atoms with van der Waals surface area (Å²) in [5.41, 5.74) is 6.53. The Morgan fingerprint density at radius 2 is 1.85 bits per heavy atom. The van der Waals surface area contributed by atoms with E-state index in [9.17, 15) is 4.79 Å². The Hall–Kier alpha value is -1.62. The third-order valence-corrected chi connectivity index (χ3v) is 3.35. The average Bonchev–Trinajstić information content (AvgIpc) is 3.15. The van der Waals surface area contributed by atoms with E-state index in [0.29, 0.717) is 11.0 Å². The molecule has 1 amide bonds. The molecule has 1 aromatic carbocycles. The van der Waals surface area contributed by atoms with Gasteiger partial charge in [-0.1, -0.05) is 30.3 Å². The molecule has 0 spiro atoms. The van der Waals surface area contributed by atoms with E-state index in [4.69, 9.17) is 12.2 Å². The summed E-state index contributed by atoms with van der Waals surface area (Å²) in [4.78, 5) is 12.0. The fraction of sp³-hybridized carbons (Fsp3) is 0.467. The minimum absolute atomic E-state index is 0.00286. The summed E-state index contributed by atoms with van der Waals surface area (Å²) >= 11 is 5.11. The number of rotatable bonds is 2. The van der Waals surface area contributed by atoms with E-state index < -0.39 is 0 Å². The quantitative estimate of drug-likeness (QED) is 0.577. The molecule has 2 atom stereocenters. The van der Waals surface area contributed by atoms with Crippen molar-refractivity contribution in [3.63, 3.8) is 0 Å². The van der Waals surface area contributed by atoms with E-state index in [1.807, 2.05) is 39.0 Å². The summed E-state index contributed by atoms with van der Waals surface area (Å²) in [6.07, 6.45) is 0.900. The van der Waals surface area contributed by atoms with E-state index in [1.54, 1.807) is 0 Å². The van der Waals surface area contributed by atoms with Gasteiger partial charge in [-0.15, -0.1) is 0 Å². The van der Waals surface area contributed by atoms with Gasteiger partial charge in [0.25, 0.3) is 0 Å². The van der Waals surface area contributed by atoms with Gasteiger partial charge in [0.15, 0.2) is 5.11 Å². The first-order valence-corrected chi connectivity index (χ1v) is 7.20. The lowest BCUT2D eigenvalue weighted by molar-refractivity contribution is -0.123. The molecule has 0 heterocycles. The minimum atomic E-state index is -0.124. The maximum absolute atomic E-state index is 12.0. The number of hydrazine groups is 1. The molecule has 0 aromatic heterocycles. The van der Waals surface area contributed by atoms with Crippen molar-refractivity contribution in [2.24, 2.45) is 5.92 Å². The van der Waals surface area contributed by atoms with Crippen LogP contribution in [0, 0.1) is 5.92 Å². The molecule has 108 valence electrons. The molecule has 2 rings (SSSR count). The maximum atomic E-state index is 12.0. The first-order valence-electron chi connectivity index (χ1n) is 6.80. The second-order valence-corrected chi connectivity index (χ2v) is 6.59. The van der Waals surface area contributed by atoms with Gasteiger partial charge < -0.3 is 5.32 Å². The lowest BCUT2D eigenvalue weighted by Crippen LogP contribution is -2.52. The predicted octanol–water partition coefficient (Wildman–Crippen LogP) is 2.08. The highest BCUT2D eigenvalue weighted by Gasteiger charge is 2.43. The van der Waals surface area contributed by atoms with E-state index in [-0.39, 0.29) is 17.4 Å². The predicted molar refractivity (Wildman–Crippen MR) is 84.1 cm³/mol. The third-order valence-electron chi connectivity index (χ3n) is 3.14. The molecule has 0 saturated heterocycles. The van der Waals surface area contributed by atoms with Crippen LogP contribution in [0.15, 0.2) is 30.3 Å². The van der Waals surface area contributed by atoms with Crippen LogP contribution in [0.5, 0.6) is 0 Å². The molecule has 1 aliphatic carbocycles. The largest absolute Gasteiger partial charge is 0.357 e. The van der Waals surface area contributed by atoms with Gasteiger partial charge in [0, 0.05) is 11.5 Å². The fourth-order valence-electron chi connectivity index (χ4n) is 2.14. The highest BCUT2D eigenvalue weighted by atomic mass is 32.1. The Balaban J connectivity index is 1.76. The zero-order valence-corrected chi connectivity index (χ0v) is 12.9. The molecule has 1 aromatic rings. The number of carbonyl (C=O) groups excluding carboxylic acids is 1. The van der Waals surface area contributed by atoms with Gasteiger partial charge in [-0.2, -0.15) is 0 Å². The summed E-state index contributed by atoms with van der Waals surface area (Å²) in [6, 6.07) is 10.1. The molecule has 4 nitrogen and oxygen atoms in total. The number of carbonyl (C=O) groups is 1. The standard InChI is InChI=1S/C15H21N3OS/c1-15(2,3)16-14(20)18-17-13(19)12-9-11(12)10-7-5-4-6-8-10/h4-8,11-12H,9H2,1-3H3,(H,17,19)(H2,16,18,20)/t11-,12+/m1/s1. The van der Waals surface area contributed by atoms with Crippen LogP contribution in [-0.2, 0) is 4.79 Å². The highest BCUT2D eigenvalue weighted by Crippen LogP contribution is 2.47. The van der Waals surface area contributed by atoms with Crippen LogP contribution in [0.3, 0.4) is 0 Å². The van der Waals surface area contributed by atoms with Gasteiger partial charge in [0.2, 0.25) is 5.91 Å². The van der Waals surface area contributed by atoms with Crippen molar-refractivity contribution in [3.8, 4) is 0 Å². The first kappa shape index (κ1) is 14.8. The normalized spacial score (nSPS) is 20.9. The zero-order chi connectivity index (χ0) is 14.8. The van der Waals surface area contributed by atoms with Crippen LogP contribution in [-0.4, -0.2) is 16.6 Å². The van der Waals surface area contributed by atoms with Crippen molar-refractivity contribution >= 4 is 23.2 Å². The lowest BCUT2D eigenvalue weighted by atomic mass is 10.1. The molecule has 20 heavy (non-hydrogen) atoms. The van der Waals surface area contributed by atoms with Gasteiger partial charge >= 0.3 is 0 Å². The van der Waals surface area contributed by atoms with Crippen LogP contribution in [0.4, 0.5) is 0 Å². The summed E-state index contributed by atoms with van der Waals surface area (Å²) < 4.78 is 0. The lowest BCUT2D eigenvalue weighted by Gasteiger charge is -2.23. The van der Waals surface area contributed by atoms with Crippen molar-refractivity contribution in [1.29, 1.82) is 0 Å². The topological polar surface area (TPSA) is 53.2 Å². The van der Waals surface area contributed by atoms with Crippen molar-refractivity contribution in [2.75, 3.05) is 0 Å². The van der Waals surface area contributed by atoms with Crippen molar-refractivity contribution < 1.29 is 4.79 Å². The van der Waals surface area contributed by atoms with Crippen LogP contribution in [0.25, 0.3) is 0 Å². The molecular formula is C15H21N3OS. The summed E-state index contributed by atoms with van der Waals surface area (Å²) in [5, 5.41) is 3.52. The zero-order valence-electron chi connectivity index (χ0n) is 12.1. The summed E-state index contributed by atoms with van der Waals surface area (Å²) in [7, 11) is 0. The van der Waals surface area contributed by atoms with Gasteiger partial charge in [-0.3, -0.25) is 15.6 Å². The molecule has 0 aliphatic heterocycles. The van der Waals surface area contributed by atoms with Gasteiger partial charge in [0.05, 0.1) is 0 Å². The van der Waals surface area contributed by atoms with Crippen molar-refractivity contribution in [2.45, 2.75) is 38.6 Å². The second kappa shape index (κ2) is 5.79. The minimum Gasteiger partial charge on any atom is -0.357 e. The van der Waals surface area contributed by atoms with Crippen molar-refractivity contribution in [1.82, 2.24) is 16.2 Å². The van der Waals surface area contributed by atoms with Gasteiger partial charge in [0.1, 0.15) is 0 Å². The molecule has 0 radical (unpaired) electrons. The number of nitrogens with one attached hydrogen (secondary N) is 3. The Morgan fingerprint density at radius 1 is 1.20 bits per heavy atom. The molecule has 0 bridgehead atoms. The third kappa shape index (κ3) is 4.20. The average molecular weight is 291 g/mol. The first-order chi connectivity index (χ1) is 9.37. The summed E-state index contributed by atoms with van der Waals surface area (Å²) in [6.45, 7) is 6.03. The number of hydrogen-bond acceptors (Lipinski definition) is 2. The highest BCUT2D eigenvalue weighted by molar-refractivity contribution is 7.80. The maximum Gasteiger partial charge on any atom is 0.242 e. The number of benzene rings is 1. The number of amides is 1. The Labute approximate surface area is 125 Å². The number of thiocarbonyl (C=S) groups is 1. The van der Waals surface area contributed by atoms with Crippen molar-refractivity contribution in [3.05, 3.63) is 35.9 Å². The Morgan fingerprint density at radius 3 is 2.45 bits per heavy atom. The SMILES string of the molecule is CC(C)(C)NC(=S)NNC(=O)[C@H]1C[C@@H]1c1ccccc1. The van der Waals surface area contributed by atoms with Crippen LogP contribution >= 0.6 is 12.2 Å². The van der Waals surface area contributed by atoms with E-state index in [0.717, 1.165) is 6.42 Å². The number of hydrogen-bond donors (Lipinski definition) is 3. The Bertz CT molecular complexity index is 496. The van der Waals surface area contributed by atoms with E-state index >= 15 is 0 Å². The van der Waals surface area contributed by atoms with Crippen LogP contribution < -0.4 is 16.2 Å². The molecule has 5 heteroatoms. The molecule has 1 fully saturated rings. The van der Waals surface area contributed by atoms with Crippen LogP contribution in [0.1, 0.15) is 38.7 Å². The van der Waals surface area contributed by atoms with Gasteiger partial charge in [-0.25, -0.2) is 0 Å².